The molecule has 0 saturated carbocycles. The zero-order valence-electron chi connectivity index (χ0n) is 17.2. The number of esters is 1. The van der Waals surface area contributed by atoms with Crippen molar-refractivity contribution >= 4 is 14.6 Å². The van der Waals surface area contributed by atoms with Crippen molar-refractivity contribution < 1.29 is 32.9 Å². The highest BCUT2D eigenvalue weighted by atomic mass is 31.2. The molecule has 1 aliphatic rings. The van der Waals surface area contributed by atoms with Crippen molar-refractivity contribution in [2.24, 2.45) is 0 Å². The van der Waals surface area contributed by atoms with Gasteiger partial charge in [-0.2, -0.15) is 0 Å². The summed E-state index contributed by atoms with van der Waals surface area (Å²) in [5.41, 5.74) is -1.71. The van der Waals surface area contributed by atoms with Gasteiger partial charge in [0, 0.05) is 6.42 Å². The lowest BCUT2D eigenvalue weighted by molar-refractivity contribution is -0.499. The first-order chi connectivity index (χ1) is 12.2. The molecule has 3 unspecified atom stereocenters. The molecule has 7 nitrogen and oxygen atoms in total. The van der Waals surface area contributed by atoms with Crippen molar-refractivity contribution in [3.63, 3.8) is 0 Å². The van der Waals surface area contributed by atoms with E-state index in [1.165, 1.54) is 0 Å². The van der Waals surface area contributed by atoms with E-state index in [0.29, 0.717) is 26.1 Å². The van der Waals surface area contributed by atoms with E-state index in [1.54, 1.807) is 0 Å². The Labute approximate surface area is 158 Å². The van der Waals surface area contributed by atoms with E-state index in [1.807, 2.05) is 48.5 Å². The number of rotatable bonds is 13. The summed E-state index contributed by atoms with van der Waals surface area (Å²) in [6, 6.07) is 0. The Balaban J connectivity index is 2.62. The maximum absolute atomic E-state index is 12.8. The number of hydrogen-bond donors (Lipinski definition) is 0. The maximum Gasteiger partial charge on any atom is 0.345 e. The van der Waals surface area contributed by atoms with Crippen LogP contribution in [0.3, 0.4) is 0 Å². The second-order valence-corrected chi connectivity index (χ2v) is 8.20. The average molecular weight is 394 g/mol. The van der Waals surface area contributed by atoms with Gasteiger partial charge in [0.2, 0.25) is 5.60 Å². The van der Waals surface area contributed by atoms with Crippen LogP contribution >= 0.6 is 8.60 Å². The van der Waals surface area contributed by atoms with E-state index in [-0.39, 0.29) is 18.2 Å². The molecule has 0 aromatic heterocycles. The van der Waals surface area contributed by atoms with Gasteiger partial charge < -0.3 is 18.3 Å². The monoisotopic (exact) mass is 394 g/mol. The largest absolute Gasteiger partial charge is 0.457 e. The predicted molar refractivity (Wildman–Crippen MR) is 99.4 cm³/mol. The second kappa shape index (κ2) is 10.9. The molecular formula is C18H35O7P. The van der Waals surface area contributed by atoms with Crippen molar-refractivity contribution in [3.8, 4) is 0 Å². The average Bonchev–Trinajstić information content (AvgIpc) is 2.51. The fraction of sp³-hybridized carbons (Fsp3) is 0.944. The van der Waals surface area contributed by atoms with Crippen LogP contribution in [0.5, 0.6) is 0 Å². The minimum absolute atomic E-state index is 0.190. The van der Waals surface area contributed by atoms with Gasteiger partial charge >= 0.3 is 14.6 Å². The first-order valence-corrected chi connectivity index (χ1v) is 10.6. The first-order valence-electron chi connectivity index (χ1n) is 9.55. The van der Waals surface area contributed by atoms with Crippen LogP contribution in [0, 0.1) is 0 Å². The summed E-state index contributed by atoms with van der Waals surface area (Å²) in [5.74, 6) is -0.376. The third kappa shape index (κ3) is 6.39. The van der Waals surface area contributed by atoms with Gasteiger partial charge in [-0.3, -0.25) is 0 Å². The van der Waals surface area contributed by atoms with Crippen LogP contribution in [-0.4, -0.2) is 42.6 Å². The van der Waals surface area contributed by atoms with E-state index >= 15 is 0 Å². The molecule has 1 saturated heterocycles. The Morgan fingerprint density at radius 2 is 1.81 bits per heavy atom. The van der Waals surface area contributed by atoms with Gasteiger partial charge in [-0.1, -0.05) is 20.3 Å². The van der Waals surface area contributed by atoms with Crippen molar-refractivity contribution in [1.82, 2.24) is 0 Å². The molecule has 0 aromatic rings. The zero-order chi connectivity index (χ0) is 19.8. The van der Waals surface area contributed by atoms with Gasteiger partial charge in [0.1, 0.15) is 11.7 Å². The summed E-state index contributed by atoms with van der Waals surface area (Å²) >= 11 is 0. The Kier molecular flexibility index (Phi) is 9.94. The van der Waals surface area contributed by atoms with Crippen LogP contribution in [0.2, 0.25) is 0 Å². The number of ether oxygens (including phenoxy) is 1. The highest BCUT2D eigenvalue weighted by Crippen LogP contribution is 2.43. The summed E-state index contributed by atoms with van der Waals surface area (Å²) in [6.07, 6.45) is 2.25. The summed E-state index contributed by atoms with van der Waals surface area (Å²) in [6.45, 7) is 14.4. The quantitative estimate of drug-likeness (QED) is 0.255. The Morgan fingerprint density at radius 1 is 1.19 bits per heavy atom. The highest BCUT2D eigenvalue weighted by molar-refractivity contribution is 7.41. The summed E-state index contributed by atoms with van der Waals surface area (Å²) in [5, 5.41) is 0. The molecule has 0 radical (unpaired) electrons. The van der Waals surface area contributed by atoms with Crippen LogP contribution < -0.4 is 0 Å². The predicted octanol–water partition coefficient (Wildman–Crippen LogP) is 4.68. The van der Waals surface area contributed by atoms with Crippen molar-refractivity contribution in [2.45, 2.75) is 97.6 Å². The lowest BCUT2D eigenvalue weighted by atomic mass is 9.88. The molecule has 0 spiro atoms. The van der Waals surface area contributed by atoms with E-state index in [0.717, 1.165) is 12.8 Å². The van der Waals surface area contributed by atoms with Crippen molar-refractivity contribution in [2.75, 3.05) is 13.2 Å². The molecular weight excluding hydrogens is 359 g/mol. The fourth-order valence-electron chi connectivity index (χ4n) is 2.94. The molecule has 3 atom stereocenters. The van der Waals surface area contributed by atoms with Gasteiger partial charge in [0.05, 0.1) is 19.3 Å². The lowest BCUT2D eigenvalue weighted by Gasteiger charge is -2.45. The second-order valence-electron chi connectivity index (χ2n) is 7.03. The molecule has 154 valence electrons. The lowest BCUT2D eigenvalue weighted by Crippen LogP contribution is -2.62. The number of hydrogen-bond acceptors (Lipinski definition) is 7. The maximum atomic E-state index is 12.8. The standard InChI is InChI=1S/C18H35O7P/c1-8-12-15-18(9-2,25-23-15)16(19)22-17(6,7)13-14(5)24-26(20-10-3)21-11-4/h14-15H,8-13H2,1-7H3. The minimum atomic E-state index is -1.39. The third-order valence-corrected chi connectivity index (χ3v) is 5.61. The van der Waals surface area contributed by atoms with Crippen molar-refractivity contribution in [3.05, 3.63) is 0 Å². The van der Waals surface area contributed by atoms with Crippen molar-refractivity contribution in [1.29, 1.82) is 0 Å². The molecule has 0 bridgehead atoms. The van der Waals surface area contributed by atoms with Gasteiger partial charge in [-0.15, -0.1) is 0 Å². The van der Waals surface area contributed by atoms with Crippen LogP contribution in [0.25, 0.3) is 0 Å². The summed E-state index contributed by atoms with van der Waals surface area (Å²) < 4.78 is 22.5. The van der Waals surface area contributed by atoms with E-state index in [4.69, 9.17) is 28.1 Å². The third-order valence-electron chi connectivity index (χ3n) is 4.14. The fourth-order valence-corrected chi connectivity index (χ4v) is 3.92. The van der Waals surface area contributed by atoms with E-state index in [9.17, 15) is 4.79 Å². The van der Waals surface area contributed by atoms with Gasteiger partial charge in [0.25, 0.3) is 0 Å². The van der Waals surface area contributed by atoms with Gasteiger partial charge in [-0.25, -0.2) is 14.6 Å². The molecule has 1 fully saturated rings. The molecule has 1 aliphatic heterocycles. The molecule has 26 heavy (non-hydrogen) atoms. The number of carbonyl (C=O) groups is 1. The first kappa shape index (κ1) is 23.7. The van der Waals surface area contributed by atoms with Gasteiger partial charge in [-0.05, 0) is 47.5 Å². The van der Waals surface area contributed by atoms with Gasteiger partial charge in [0.15, 0.2) is 0 Å². The molecule has 0 aromatic carbocycles. The van der Waals surface area contributed by atoms with Crippen LogP contribution in [-0.2, 0) is 32.9 Å². The summed E-state index contributed by atoms with van der Waals surface area (Å²) in [4.78, 5) is 23.2. The molecule has 8 heteroatoms. The SMILES string of the molecule is CCCC1OOC1(CC)C(=O)OC(C)(C)CC(C)OP(OCC)OCC. The van der Waals surface area contributed by atoms with E-state index < -0.39 is 19.8 Å². The zero-order valence-corrected chi connectivity index (χ0v) is 18.1. The number of carbonyl (C=O) groups excluding carboxylic acids is 1. The normalized spacial score (nSPS) is 24.4. The molecule has 1 heterocycles. The highest BCUT2D eigenvalue weighted by Gasteiger charge is 2.58. The Bertz CT molecular complexity index is 422. The Hall–Kier alpha value is -0.300. The van der Waals surface area contributed by atoms with Crippen LogP contribution in [0.15, 0.2) is 0 Å². The van der Waals surface area contributed by atoms with Crippen LogP contribution in [0.4, 0.5) is 0 Å². The minimum Gasteiger partial charge on any atom is -0.457 e. The van der Waals surface area contributed by atoms with Crippen LogP contribution in [0.1, 0.15) is 74.1 Å². The molecule has 0 aliphatic carbocycles. The molecule has 0 N–H and O–H groups in total. The molecule has 0 amide bonds. The topological polar surface area (TPSA) is 72.5 Å². The smallest absolute Gasteiger partial charge is 0.345 e. The van der Waals surface area contributed by atoms with E-state index in [2.05, 4.69) is 0 Å². The Morgan fingerprint density at radius 3 is 2.23 bits per heavy atom. The molecule has 1 rings (SSSR count). The summed E-state index contributed by atoms with van der Waals surface area (Å²) in [7, 11) is -1.39.